The van der Waals surface area contributed by atoms with Gasteiger partial charge in [-0.25, -0.2) is 8.42 Å². The summed E-state index contributed by atoms with van der Waals surface area (Å²) >= 11 is 0. The lowest BCUT2D eigenvalue weighted by Crippen LogP contribution is -2.14. The van der Waals surface area contributed by atoms with Gasteiger partial charge in [0.2, 0.25) is 5.75 Å². The standard InChI is InChI=1S/C25H27NO7S/c1-29-21-15-18(12-11-17-13-23(31-3)25(33-5)24(14-17)32-4)20(16-22(21)30-2)26-34(27,28)19-9-7-6-8-10-19/h6-16,26H,1-5H3/b12-11-. The molecule has 0 aromatic heterocycles. The van der Waals surface area contributed by atoms with Crippen LogP contribution >= 0.6 is 0 Å². The van der Waals surface area contributed by atoms with Gasteiger partial charge in [-0.3, -0.25) is 4.72 Å². The highest BCUT2D eigenvalue weighted by atomic mass is 32.2. The molecule has 9 heteroatoms. The minimum Gasteiger partial charge on any atom is -0.493 e. The van der Waals surface area contributed by atoms with E-state index in [1.165, 1.54) is 47.7 Å². The van der Waals surface area contributed by atoms with Crippen LogP contribution in [-0.2, 0) is 10.0 Å². The van der Waals surface area contributed by atoms with E-state index in [0.29, 0.717) is 40.0 Å². The van der Waals surface area contributed by atoms with E-state index in [1.54, 1.807) is 54.6 Å². The average Bonchev–Trinajstić information content (AvgIpc) is 2.87. The third-order valence-corrected chi connectivity index (χ3v) is 6.38. The maximum absolute atomic E-state index is 13.0. The molecule has 0 aliphatic carbocycles. The van der Waals surface area contributed by atoms with Gasteiger partial charge in [-0.15, -0.1) is 0 Å². The van der Waals surface area contributed by atoms with E-state index >= 15 is 0 Å². The molecule has 3 aromatic rings. The summed E-state index contributed by atoms with van der Waals surface area (Å²) in [7, 11) is 3.77. The first-order chi connectivity index (χ1) is 16.4. The lowest BCUT2D eigenvalue weighted by Gasteiger charge is -2.15. The Morgan fingerprint density at radius 3 is 1.76 bits per heavy atom. The summed E-state index contributed by atoms with van der Waals surface area (Å²) in [5.74, 6) is 2.31. The van der Waals surface area contributed by atoms with Crippen molar-refractivity contribution in [1.29, 1.82) is 0 Å². The van der Waals surface area contributed by atoms with Gasteiger partial charge < -0.3 is 23.7 Å². The van der Waals surface area contributed by atoms with Crippen molar-refractivity contribution in [1.82, 2.24) is 0 Å². The molecule has 0 aliphatic heterocycles. The van der Waals surface area contributed by atoms with Crippen molar-refractivity contribution in [3.63, 3.8) is 0 Å². The molecule has 0 saturated carbocycles. The Kier molecular flexibility index (Phi) is 7.91. The monoisotopic (exact) mass is 485 g/mol. The van der Waals surface area contributed by atoms with E-state index in [4.69, 9.17) is 23.7 Å². The molecule has 0 atom stereocenters. The van der Waals surface area contributed by atoms with Crippen LogP contribution in [0.15, 0.2) is 59.5 Å². The molecule has 3 aromatic carbocycles. The van der Waals surface area contributed by atoms with E-state index in [0.717, 1.165) is 5.56 Å². The summed E-state index contributed by atoms with van der Waals surface area (Å²) in [6.07, 6.45) is 3.55. The van der Waals surface area contributed by atoms with Gasteiger partial charge in [0.15, 0.2) is 23.0 Å². The van der Waals surface area contributed by atoms with Crippen molar-refractivity contribution < 1.29 is 32.1 Å². The molecular weight excluding hydrogens is 458 g/mol. The van der Waals surface area contributed by atoms with E-state index in [2.05, 4.69) is 4.72 Å². The van der Waals surface area contributed by atoms with Crippen LogP contribution in [0, 0.1) is 0 Å². The van der Waals surface area contributed by atoms with Crippen molar-refractivity contribution in [3.05, 3.63) is 65.7 Å². The molecule has 0 saturated heterocycles. The van der Waals surface area contributed by atoms with Gasteiger partial charge in [0.1, 0.15) is 0 Å². The number of benzene rings is 3. The molecule has 3 rings (SSSR count). The fourth-order valence-corrected chi connectivity index (χ4v) is 4.41. The van der Waals surface area contributed by atoms with Crippen LogP contribution in [-0.4, -0.2) is 44.0 Å². The molecule has 8 nitrogen and oxygen atoms in total. The second kappa shape index (κ2) is 10.8. The van der Waals surface area contributed by atoms with E-state index in [-0.39, 0.29) is 4.90 Å². The molecule has 1 N–H and O–H groups in total. The zero-order chi connectivity index (χ0) is 24.7. The molecule has 0 unspecified atom stereocenters. The van der Waals surface area contributed by atoms with E-state index in [9.17, 15) is 8.42 Å². The maximum Gasteiger partial charge on any atom is 0.261 e. The predicted molar refractivity (Wildman–Crippen MR) is 132 cm³/mol. The van der Waals surface area contributed by atoms with E-state index < -0.39 is 10.0 Å². The number of hydrogen-bond donors (Lipinski definition) is 1. The third kappa shape index (κ3) is 5.37. The molecule has 34 heavy (non-hydrogen) atoms. The van der Waals surface area contributed by atoms with Gasteiger partial charge >= 0.3 is 0 Å². The molecule has 0 heterocycles. The zero-order valence-corrected chi connectivity index (χ0v) is 20.4. The predicted octanol–water partition coefficient (Wildman–Crippen LogP) is 4.70. The number of nitrogens with one attached hydrogen (secondary N) is 1. The lowest BCUT2D eigenvalue weighted by atomic mass is 10.1. The SMILES string of the molecule is COc1cc(/C=C\c2cc(OC)c(OC)c(OC)c2)c(NS(=O)(=O)c2ccccc2)cc1OC. The Bertz CT molecular complexity index is 1250. The van der Waals surface area contributed by atoms with Crippen LogP contribution in [0.1, 0.15) is 11.1 Å². The number of ether oxygens (including phenoxy) is 5. The third-order valence-electron chi connectivity index (χ3n) is 5.00. The summed E-state index contributed by atoms with van der Waals surface area (Å²) in [5, 5.41) is 0. The Morgan fingerprint density at radius 1 is 0.676 bits per heavy atom. The lowest BCUT2D eigenvalue weighted by molar-refractivity contribution is 0.324. The highest BCUT2D eigenvalue weighted by molar-refractivity contribution is 7.92. The average molecular weight is 486 g/mol. The van der Waals surface area contributed by atoms with Gasteiger partial charge in [-0.1, -0.05) is 30.4 Å². The van der Waals surface area contributed by atoms with Crippen molar-refractivity contribution in [3.8, 4) is 28.7 Å². The summed E-state index contributed by atoms with van der Waals surface area (Å²) in [5.41, 5.74) is 1.64. The first kappa shape index (κ1) is 24.8. The second-order valence-corrected chi connectivity index (χ2v) is 8.69. The number of hydrogen-bond acceptors (Lipinski definition) is 7. The molecule has 0 radical (unpaired) electrons. The van der Waals surface area contributed by atoms with Crippen LogP contribution in [0.25, 0.3) is 12.2 Å². The van der Waals surface area contributed by atoms with Gasteiger partial charge in [0.25, 0.3) is 10.0 Å². The minimum atomic E-state index is -3.83. The Morgan fingerprint density at radius 2 is 1.24 bits per heavy atom. The highest BCUT2D eigenvalue weighted by Gasteiger charge is 2.18. The van der Waals surface area contributed by atoms with Gasteiger partial charge in [0.05, 0.1) is 46.1 Å². The molecular formula is C25H27NO7S. The number of sulfonamides is 1. The largest absolute Gasteiger partial charge is 0.493 e. The summed E-state index contributed by atoms with van der Waals surface area (Å²) in [4.78, 5) is 0.143. The minimum absolute atomic E-state index is 0.143. The first-order valence-corrected chi connectivity index (χ1v) is 11.7. The van der Waals surface area contributed by atoms with Crippen molar-refractivity contribution in [2.45, 2.75) is 4.90 Å². The normalized spacial score (nSPS) is 11.2. The molecule has 0 amide bonds. The smallest absolute Gasteiger partial charge is 0.261 e. The Labute approximate surface area is 199 Å². The molecule has 0 fully saturated rings. The van der Waals surface area contributed by atoms with Crippen LogP contribution in [0.3, 0.4) is 0 Å². The van der Waals surface area contributed by atoms with Crippen LogP contribution < -0.4 is 28.4 Å². The quantitative estimate of drug-likeness (QED) is 0.416. The summed E-state index contributed by atoms with van der Waals surface area (Å²) in [6.45, 7) is 0. The Balaban J connectivity index is 2.08. The maximum atomic E-state index is 13.0. The van der Waals surface area contributed by atoms with Crippen LogP contribution in [0.2, 0.25) is 0 Å². The topological polar surface area (TPSA) is 92.3 Å². The molecule has 0 spiro atoms. The van der Waals surface area contributed by atoms with Gasteiger partial charge in [0, 0.05) is 11.6 Å². The second-order valence-electron chi connectivity index (χ2n) is 7.00. The number of methoxy groups -OCH3 is 5. The van der Waals surface area contributed by atoms with Crippen LogP contribution in [0.4, 0.5) is 5.69 Å². The zero-order valence-electron chi connectivity index (χ0n) is 19.6. The molecule has 180 valence electrons. The highest BCUT2D eigenvalue weighted by Crippen LogP contribution is 2.39. The Hall–Kier alpha value is -3.85. The summed E-state index contributed by atoms with van der Waals surface area (Å²) in [6, 6.07) is 15.0. The van der Waals surface area contributed by atoms with E-state index in [1.807, 2.05) is 0 Å². The van der Waals surface area contributed by atoms with Gasteiger partial charge in [-0.05, 0) is 35.9 Å². The fourth-order valence-electron chi connectivity index (χ4n) is 3.31. The molecule has 0 aliphatic rings. The summed E-state index contributed by atoms with van der Waals surface area (Å²) < 4.78 is 55.5. The fraction of sp³-hybridized carbons (Fsp3) is 0.200. The number of anilines is 1. The molecule has 0 bridgehead atoms. The first-order valence-electron chi connectivity index (χ1n) is 10.2. The van der Waals surface area contributed by atoms with Crippen LogP contribution in [0.5, 0.6) is 28.7 Å². The van der Waals surface area contributed by atoms with Crippen molar-refractivity contribution in [2.24, 2.45) is 0 Å². The van der Waals surface area contributed by atoms with Gasteiger partial charge in [-0.2, -0.15) is 0 Å². The number of rotatable bonds is 10. The van der Waals surface area contributed by atoms with Crippen molar-refractivity contribution >= 4 is 27.9 Å². The van der Waals surface area contributed by atoms with Crippen molar-refractivity contribution in [2.75, 3.05) is 40.3 Å².